The second-order valence-corrected chi connectivity index (χ2v) is 7.00. The van der Waals surface area contributed by atoms with Crippen LogP contribution < -0.4 is 0 Å². The predicted octanol–water partition coefficient (Wildman–Crippen LogP) is 6.60. The van der Waals surface area contributed by atoms with Crippen LogP contribution in [0.25, 0.3) is 0 Å². The van der Waals surface area contributed by atoms with Gasteiger partial charge in [0, 0.05) is 13.5 Å². The number of rotatable bonds is 18. The van der Waals surface area contributed by atoms with Gasteiger partial charge in [0.25, 0.3) is 0 Å². The van der Waals surface area contributed by atoms with Crippen molar-refractivity contribution < 1.29 is 14.3 Å². The van der Waals surface area contributed by atoms with Crippen molar-refractivity contribution in [1.82, 2.24) is 0 Å². The van der Waals surface area contributed by atoms with E-state index in [0.717, 1.165) is 19.3 Å². The van der Waals surface area contributed by atoms with Gasteiger partial charge in [-0.1, -0.05) is 76.9 Å². The number of ether oxygens (including phenoxy) is 2. The van der Waals surface area contributed by atoms with Gasteiger partial charge >= 0.3 is 5.97 Å². The number of carbonyl (C=O) groups is 1. The van der Waals surface area contributed by atoms with Gasteiger partial charge in [-0.2, -0.15) is 0 Å². The van der Waals surface area contributed by atoms with Crippen LogP contribution in [0.1, 0.15) is 103 Å². The molecule has 0 spiro atoms. The third-order valence-corrected chi connectivity index (χ3v) is 4.76. The fraction of sp³-hybridized carbons (Fsp3) is 0.864. The average molecular weight is 355 g/mol. The first-order valence-electron chi connectivity index (χ1n) is 10.5. The molecular weight excluding hydrogens is 312 g/mol. The molecule has 0 amide bonds. The molecule has 0 aromatic rings. The molecule has 0 rings (SSSR count). The number of methoxy groups -OCH3 is 2. The lowest BCUT2D eigenvalue weighted by Crippen LogP contribution is -2.08. The maximum atomic E-state index is 11.0. The molecule has 25 heavy (non-hydrogen) atoms. The van der Waals surface area contributed by atoms with E-state index in [0.29, 0.717) is 12.5 Å². The lowest BCUT2D eigenvalue weighted by atomic mass is 10.1. The fourth-order valence-electron chi connectivity index (χ4n) is 3.01. The first kappa shape index (κ1) is 24.2. The monoisotopic (exact) mass is 354 g/mol. The van der Waals surface area contributed by atoms with Crippen molar-refractivity contribution in [3.63, 3.8) is 0 Å². The largest absolute Gasteiger partial charge is 0.469 e. The van der Waals surface area contributed by atoms with Crippen LogP contribution in [0.4, 0.5) is 0 Å². The minimum Gasteiger partial charge on any atom is -0.469 e. The van der Waals surface area contributed by atoms with E-state index in [1.165, 1.54) is 77.7 Å². The highest BCUT2D eigenvalue weighted by Gasteiger charge is 2.04. The summed E-state index contributed by atoms with van der Waals surface area (Å²) >= 11 is 0. The SMILES string of the molecule is CCCCCC[C@@H](C/C=C/CCCCCCCCCC(=O)OC)OC. The van der Waals surface area contributed by atoms with Crippen LogP contribution in [0, 0.1) is 0 Å². The summed E-state index contributed by atoms with van der Waals surface area (Å²) < 4.78 is 10.2. The Kier molecular flexibility index (Phi) is 18.8. The molecule has 148 valence electrons. The van der Waals surface area contributed by atoms with Crippen LogP contribution >= 0.6 is 0 Å². The number of unbranched alkanes of at least 4 members (excludes halogenated alkanes) is 10. The number of carbonyl (C=O) groups excluding carboxylic acids is 1. The van der Waals surface area contributed by atoms with Crippen molar-refractivity contribution >= 4 is 5.97 Å². The Morgan fingerprint density at radius 2 is 1.48 bits per heavy atom. The first-order chi connectivity index (χ1) is 12.2. The van der Waals surface area contributed by atoms with Gasteiger partial charge in [0.05, 0.1) is 13.2 Å². The van der Waals surface area contributed by atoms with Crippen LogP contribution in [0.15, 0.2) is 12.2 Å². The summed E-state index contributed by atoms with van der Waals surface area (Å²) in [7, 11) is 3.29. The first-order valence-corrected chi connectivity index (χ1v) is 10.5. The Morgan fingerprint density at radius 3 is 2.12 bits per heavy atom. The molecule has 0 saturated carbocycles. The highest BCUT2D eigenvalue weighted by Crippen LogP contribution is 2.13. The molecule has 0 aromatic heterocycles. The standard InChI is InChI=1S/C22H42O3/c1-4-5-6-15-18-21(24-2)19-16-13-11-9-7-8-10-12-14-17-20-22(23)25-3/h13,16,21H,4-12,14-15,17-20H2,1-3H3/b16-13+/t21-/m0/s1. The van der Waals surface area contributed by atoms with E-state index in [1.807, 2.05) is 7.11 Å². The summed E-state index contributed by atoms with van der Waals surface area (Å²) in [4.78, 5) is 11.0. The summed E-state index contributed by atoms with van der Waals surface area (Å²) in [6, 6.07) is 0. The van der Waals surface area contributed by atoms with E-state index in [1.54, 1.807) is 0 Å². The lowest BCUT2D eigenvalue weighted by molar-refractivity contribution is -0.140. The van der Waals surface area contributed by atoms with Gasteiger partial charge in [-0.25, -0.2) is 0 Å². The van der Waals surface area contributed by atoms with E-state index < -0.39 is 0 Å². The molecule has 0 saturated heterocycles. The van der Waals surface area contributed by atoms with Crippen molar-refractivity contribution in [2.24, 2.45) is 0 Å². The molecular formula is C22H42O3. The molecule has 0 aromatic carbocycles. The summed E-state index contributed by atoms with van der Waals surface area (Å²) in [5.41, 5.74) is 0. The smallest absolute Gasteiger partial charge is 0.305 e. The topological polar surface area (TPSA) is 35.5 Å². The van der Waals surface area contributed by atoms with Crippen molar-refractivity contribution in [1.29, 1.82) is 0 Å². The van der Waals surface area contributed by atoms with Crippen LogP contribution in [-0.2, 0) is 14.3 Å². The molecule has 1 atom stereocenters. The lowest BCUT2D eigenvalue weighted by Gasteiger charge is -2.12. The number of allylic oxidation sites excluding steroid dienone is 1. The quantitative estimate of drug-likeness (QED) is 0.158. The minimum absolute atomic E-state index is 0.0801. The fourth-order valence-corrected chi connectivity index (χ4v) is 3.01. The molecule has 0 aliphatic rings. The number of esters is 1. The molecule has 0 aliphatic carbocycles. The predicted molar refractivity (Wildman–Crippen MR) is 107 cm³/mol. The normalized spacial score (nSPS) is 12.6. The van der Waals surface area contributed by atoms with E-state index in [9.17, 15) is 4.79 Å². The Labute approximate surface area is 156 Å². The van der Waals surface area contributed by atoms with Gasteiger partial charge in [0.1, 0.15) is 0 Å². The van der Waals surface area contributed by atoms with E-state index in [2.05, 4.69) is 23.8 Å². The summed E-state index contributed by atoms with van der Waals surface area (Å²) in [6.07, 6.45) is 22.9. The van der Waals surface area contributed by atoms with Crippen molar-refractivity contribution in [3.8, 4) is 0 Å². The molecule has 3 nitrogen and oxygen atoms in total. The van der Waals surface area contributed by atoms with Gasteiger partial charge in [0.15, 0.2) is 0 Å². The molecule has 0 heterocycles. The van der Waals surface area contributed by atoms with Crippen LogP contribution in [0.3, 0.4) is 0 Å². The zero-order valence-corrected chi connectivity index (χ0v) is 17.1. The molecule has 3 heteroatoms. The third kappa shape index (κ3) is 17.8. The van der Waals surface area contributed by atoms with Crippen LogP contribution in [0.2, 0.25) is 0 Å². The van der Waals surface area contributed by atoms with Gasteiger partial charge in [-0.15, -0.1) is 0 Å². The second kappa shape index (κ2) is 19.5. The molecule has 0 aliphatic heterocycles. The van der Waals surface area contributed by atoms with Gasteiger partial charge in [-0.3, -0.25) is 4.79 Å². The zero-order valence-electron chi connectivity index (χ0n) is 17.1. The van der Waals surface area contributed by atoms with Gasteiger partial charge in [0.2, 0.25) is 0 Å². The number of hydrogen-bond donors (Lipinski definition) is 0. The Hall–Kier alpha value is -0.830. The maximum absolute atomic E-state index is 11.0. The summed E-state index contributed by atoms with van der Waals surface area (Å²) in [5, 5.41) is 0. The highest BCUT2D eigenvalue weighted by molar-refractivity contribution is 5.68. The van der Waals surface area contributed by atoms with E-state index in [4.69, 9.17) is 4.74 Å². The highest BCUT2D eigenvalue weighted by atomic mass is 16.5. The van der Waals surface area contributed by atoms with Gasteiger partial charge < -0.3 is 9.47 Å². The van der Waals surface area contributed by atoms with Crippen molar-refractivity contribution in [3.05, 3.63) is 12.2 Å². The average Bonchev–Trinajstić information content (AvgIpc) is 2.63. The number of hydrogen-bond acceptors (Lipinski definition) is 3. The van der Waals surface area contributed by atoms with E-state index in [-0.39, 0.29) is 5.97 Å². The summed E-state index contributed by atoms with van der Waals surface area (Å²) in [5.74, 6) is -0.0801. The molecule has 0 N–H and O–H groups in total. The minimum atomic E-state index is -0.0801. The Morgan fingerprint density at radius 1 is 0.840 bits per heavy atom. The molecule has 0 fully saturated rings. The second-order valence-electron chi connectivity index (χ2n) is 7.00. The third-order valence-electron chi connectivity index (χ3n) is 4.76. The zero-order chi connectivity index (χ0) is 18.6. The molecule has 0 bridgehead atoms. The van der Waals surface area contributed by atoms with Crippen molar-refractivity contribution in [2.75, 3.05) is 14.2 Å². The molecule has 0 unspecified atom stereocenters. The maximum Gasteiger partial charge on any atom is 0.305 e. The van der Waals surface area contributed by atoms with E-state index >= 15 is 0 Å². The summed E-state index contributed by atoms with van der Waals surface area (Å²) in [6.45, 7) is 2.25. The van der Waals surface area contributed by atoms with Crippen molar-refractivity contribution in [2.45, 2.75) is 109 Å². The molecule has 0 radical (unpaired) electrons. The van der Waals surface area contributed by atoms with Crippen LogP contribution in [-0.4, -0.2) is 26.3 Å². The van der Waals surface area contributed by atoms with Crippen LogP contribution in [0.5, 0.6) is 0 Å². The Balaban J connectivity index is 3.37. The Bertz CT molecular complexity index is 312. The van der Waals surface area contributed by atoms with Gasteiger partial charge in [-0.05, 0) is 32.1 Å².